The molecule has 0 amide bonds. The largest absolute Gasteiger partial charge is 0.497 e. The molecule has 31 heavy (non-hydrogen) atoms. The van der Waals surface area contributed by atoms with Crippen LogP contribution in [0.2, 0.25) is 10.0 Å². The molecule has 2 rings (SSSR count). The molecule has 0 aliphatic heterocycles. The van der Waals surface area contributed by atoms with E-state index in [0.717, 1.165) is 0 Å². The summed E-state index contributed by atoms with van der Waals surface area (Å²) in [5.74, 6) is 2.38. The lowest BCUT2D eigenvalue weighted by molar-refractivity contribution is 0.112. The highest BCUT2D eigenvalue weighted by Gasteiger charge is 2.09. The molecular formula is C18H21Cl5FO6P. The van der Waals surface area contributed by atoms with Crippen LogP contribution in [0.15, 0.2) is 30.3 Å². The van der Waals surface area contributed by atoms with E-state index in [1.54, 1.807) is 44.6 Å². The van der Waals surface area contributed by atoms with Gasteiger partial charge in [-0.25, -0.2) is 0 Å². The topological polar surface area (TPSA) is 71.1 Å². The van der Waals surface area contributed by atoms with Crippen molar-refractivity contribution in [2.24, 2.45) is 0 Å². The van der Waals surface area contributed by atoms with E-state index in [1.165, 1.54) is 14.2 Å². The van der Waals surface area contributed by atoms with E-state index in [2.05, 4.69) is 33.7 Å². The van der Waals surface area contributed by atoms with Crippen LogP contribution in [-0.2, 0) is 4.57 Å². The van der Waals surface area contributed by atoms with Crippen molar-refractivity contribution in [3.63, 3.8) is 0 Å². The fourth-order valence-electron chi connectivity index (χ4n) is 1.74. The van der Waals surface area contributed by atoms with Crippen molar-refractivity contribution in [1.29, 1.82) is 0 Å². The third kappa shape index (κ3) is 15.4. The highest BCUT2D eigenvalue weighted by atomic mass is 36.0. The van der Waals surface area contributed by atoms with Gasteiger partial charge in [0.1, 0.15) is 23.0 Å². The van der Waals surface area contributed by atoms with Crippen molar-refractivity contribution >= 4 is 68.4 Å². The number of hydrogen-bond acceptors (Lipinski definition) is 6. The quantitative estimate of drug-likeness (QED) is 0.273. The van der Waals surface area contributed by atoms with Gasteiger partial charge in [0.25, 0.3) is 0 Å². The number of alkyl halides is 1. The molecule has 13 heteroatoms. The van der Waals surface area contributed by atoms with E-state index in [9.17, 15) is 13.8 Å². The van der Waals surface area contributed by atoms with Gasteiger partial charge >= 0.3 is 5.20 Å². The van der Waals surface area contributed by atoms with Gasteiger partial charge in [0.05, 0.1) is 47.5 Å². The summed E-state index contributed by atoms with van der Waals surface area (Å²) in [6.07, 6.45) is 0.653. The number of benzene rings is 2. The van der Waals surface area contributed by atoms with Gasteiger partial charge in [-0.2, -0.15) is 0 Å². The molecule has 0 spiro atoms. The predicted octanol–water partition coefficient (Wildman–Crippen LogP) is 7.92. The Morgan fingerprint density at radius 3 is 1.58 bits per heavy atom. The summed E-state index contributed by atoms with van der Waals surface area (Å²) in [5, 5.41) is -2.28. The van der Waals surface area contributed by atoms with Gasteiger partial charge in [0.15, 0.2) is 6.29 Å². The van der Waals surface area contributed by atoms with Crippen LogP contribution < -0.4 is 18.9 Å². The van der Waals surface area contributed by atoms with Crippen molar-refractivity contribution < 1.29 is 34.1 Å². The number of carbonyl (C=O) groups is 1. The van der Waals surface area contributed by atoms with Gasteiger partial charge in [0, 0.05) is 17.2 Å². The van der Waals surface area contributed by atoms with E-state index in [0.29, 0.717) is 44.9 Å². The zero-order chi connectivity index (χ0) is 25.3. The van der Waals surface area contributed by atoms with E-state index >= 15 is 0 Å². The summed E-state index contributed by atoms with van der Waals surface area (Å²) in [4.78, 5) is 10.6. The third-order valence-electron chi connectivity index (χ3n) is 2.95. The minimum Gasteiger partial charge on any atom is -0.497 e. The number of halogens is 6. The fraction of sp³-hybridized carbons (Fsp3) is 0.278. The van der Waals surface area contributed by atoms with E-state index in [-0.39, 0.29) is 0 Å². The van der Waals surface area contributed by atoms with Crippen LogP contribution in [0.5, 0.6) is 23.0 Å². The Morgan fingerprint density at radius 2 is 1.26 bits per heavy atom. The standard InChI is InChI=1S/C9H9ClO3.C8H9ClO2.CH3F.Cl3OP/c1-12-6-3-8(10)7(5-11)9(4-6)13-2;1-10-7-3-6(9)4-8(5-7)11-2;1-2;1-5(2,3)4/h3-5H,1-2H3;3-5H,1-2H3;1H3;/i;;1D;. The molecule has 0 aliphatic rings. The first-order valence-electron chi connectivity index (χ1n) is 8.40. The minimum atomic E-state index is -3.22. The van der Waals surface area contributed by atoms with Crippen molar-refractivity contribution in [2.45, 2.75) is 0 Å². The molecule has 0 fully saturated rings. The molecule has 2 aromatic carbocycles. The second kappa shape index (κ2) is 17.5. The second-order valence-electron chi connectivity index (χ2n) is 4.77. The van der Waals surface area contributed by atoms with Crippen molar-refractivity contribution in [2.75, 3.05) is 35.6 Å². The molecule has 0 N–H and O–H groups in total. The third-order valence-corrected chi connectivity index (χ3v) is 3.49. The highest BCUT2D eigenvalue weighted by molar-refractivity contribution is 8.24. The fourth-order valence-corrected chi connectivity index (χ4v) is 2.20. The molecule has 0 bridgehead atoms. The van der Waals surface area contributed by atoms with Gasteiger partial charge in [-0.1, -0.05) is 23.2 Å². The predicted molar refractivity (Wildman–Crippen MR) is 127 cm³/mol. The van der Waals surface area contributed by atoms with Crippen molar-refractivity contribution in [3.05, 3.63) is 45.9 Å². The summed E-state index contributed by atoms with van der Waals surface area (Å²) in [7, 11) is 5.17. The SMILES string of the molecule is COc1cc(Cl)c(C=O)c(OC)c1.COc1cc(Cl)cc(OC)c1.O=P(Cl)(Cl)Cl.[2H]CF. The molecule has 0 aliphatic carbocycles. The molecule has 0 aromatic heterocycles. The second-order valence-corrected chi connectivity index (χ2v) is 12.3. The summed E-state index contributed by atoms with van der Waals surface area (Å²) in [6.45, 7) is 0. The molecule has 0 saturated carbocycles. The lowest BCUT2D eigenvalue weighted by Gasteiger charge is -2.07. The molecule has 6 nitrogen and oxygen atoms in total. The highest BCUT2D eigenvalue weighted by Crippen LogP contribution is 2.61. The van der Waals surface area contributed by atoms with Crippen LogP contribution in [0.25, 0.3) is 0 Å². The molecular weight excluding hydrogens is 539 g/mol. The van der Waals surface area contributed by atoms with Crippen molar-refractivity contribution in [1.82, 2.24) is 0 Å². The monoisotopic (exact) mass is 559 g/mol. The van der Waals surface area contributed by atoms with Crippen LogP contribution in [0.1, 0.15) is 11.7 Å². The van der Waals surface area contributed by atoms with Crippen LogP contribution in [0, 0.1) is 0 Å². The smallest absolute Gasteiger partial charge is 0.339 e. The maximum Gasteiger partial charge on any atom is 0.339 e. The number of ether oxygens (including phenoxy) is 4. The summed E-state index contributed by atoms with van der Waals surface area (Å²) in [6, 6.07) is 8.39. The first kappa shape index (κ1) is 29.9. The lowest BCUT2D eigenvalue weighted by Crippen LogP contribution is -1.93. The molecule has 0 unspecified atom stereocenters. The number of rotatable bonds is 5. The molecule has 0 radical (unpaired) electrons. The van der Waals surface area contributed by atoms with Crippen LogP contribution in [-0.4, -0.2) is 41.9 Å². The molecule has 176 valence electrons. The summed E-state index contributed by atoms with van der Waals surface area (Å²) in [5.41, 5.74) is 0.338. The minimum absolute atomic E-state index is 0.325. The average Bonchev–Trinajstić information content (AvgIpc) is 2.72. The maximum atomic E-state index is 10.6. The van der Waals surface area contributed by atoms with Gasteiger partial charge in [-0.3, -0.25) is 13.8 Å². The Hall–Kier alpha value is -1.08. The molecule has 2 aromatic rings. The maximum absolute atomic E-state index is 10.6. The summed E-state index contributed by atoms with van der Waals surface area (Å²) < 4.78 is 44.9. The molecule has 0 heterocycles. The number of methoxy groups -OCH3 is 4. The van der Waals surface area contributed by atoms with E-state index in [4.69, 9.17) is 43.5 Å². The van der Waals surface area contributed by atoms with Crippen LogP contribution in [0.4, 0.5) is 4.39 Å². The number of hydrogen-bond donors (Lipinski definition) is 0. The van der Waals surface area contributed by atoms with Gasteiger partial charge in [0.2, 0.25) is 0 Å². The molecule has 0 saturated heterocycles. The van der Waals surface area contributed by atoms with E-state index in [1.807, 2.05) is 0 Å². The van der Waals surface area contributed by atoms with Gasteiger partial charge in [-0.05, 0) is 51.9 Å². The Morgan fingerprint density at radius 1 is 0.871 bits per heavy atom. The van der Waals surface area contributed by atoms with Crippen molar-refractivity contribution in [3.8, 4) is 23.0 Å². The normalized spacial score (nSPS) is 9.81. The Bertz CT molecular complexity index is 841. The Kier molecular flexibility index (Phi) is 16.9. The Balaban J connectivity index is 0. The van der Waals surface area contributed by atoms with Gasteiger partial charge in [-0.15, -0.1) is 0 Å². The first-order valence-corrected chi connectivity index (χ1v) is 12.9. The first-order chi connectivity index (χ1) is 14.9. The van der Waals surface area contributed by atoms with Gasteiger partial charge < -0.3 is 18.9 Å². The lowest BCUT2D eigenvalue weighted by atomic mass is 10.2. The Labute approximate surface area is 206 Å². The number of aldehydes is 1. The zero-order valence-corrected chi connectivity index (χ0v) is 21.5. The van der Waals surface area contributed by atoms with E-state index < -0.39 is 12.4 Å². The van der Waals surface area contributed by atoms with Crippen LogP contribution in [0.3, 0.4) is 0 Å². The number of carbonyl (C=O) groups excluding carboxylic acids is 1. The van der Waals surface area contributed by atoms with Crippen LogP contribution >= 0.6 is 62.1 Å². The zero-order valence-electron chi connectivity index (χ0n) is 17.8. The molecule has 0 atom stereocenters. The summed E-state index contributed by atoms with van der Waals surface area (Å²) >= 11 is 25.4. The average molecular weight is 562 g/mol.